The lowest BCUT2D eigenvalue weighted by Gasteiger charge is -2.09. The first-order valence-corrected chi connectivity index (χ1v) is 7.74. The van der Waals surface area contributed by atoms with Gasteiger partial charge in [0.1, 0.15) is 0 Å². The summed E-state index contributed by atoms with van der Waals surface area (Å²) in [5.74, 6) is -0.228. The Kier molecular flexibility index (Phi) is 4.44. The average Bonchev–Trinajstić information content (AvgIpc) is 2.38. The monoisotopic (exact) mass is 325 g/mol. The summed E-state index contributed by atoms with van der Waals surface area (Å²) < 4.78 is 26.7. The summed E-state index contributed by atoms with van der Waals surface area (Å²) in [6, 6.07) is 7.26. The van der Waals surface area contributed by atoms with Crippen LogP contribution in [0.4, 0.5) is 11.4 Å². The molecule has 0 saturated heterocycles. The van der Waals surface area contributed by atoms with Gasteiger partial charge in [-0.3, -0.25) is 14.5 Å². The Labute approximate surface area is 127 Å². The van der Waals surface area contributed by atoms with E-state index in [1.54, 1.807) is 0 Å². The van der Waals surface area contributed by atoms with Gasteiger partial charge in [-0.1, -0.05) is 11.6 Å². The average molecular weight is 326 g/mol. The maximum atomic E-state index is 12.2. The molecule has 1 aromatic heterocycles. The standard InChI is InChI=1S/C13H12ClN3O3S/c1-9(18)16-11-2-4-13(5-3-11)21(19,20)17-12-6-10(14)7-15-8-12/h2-8,17H,1H3,(H,16,18). The summed E-state index contributed by atoms with van der Waals surface area (Å²) >= 11 is 5.75. The molecule has 0 bridgehead atoms. The maximum Gasteiger partial charge on any atom is 0.261 e. The summed E-state index contributed by atoms with van der Waals surface area (Å²) in [5, 5.41) is 2.89. The van der Waals surface area contributed by atoms with E-state index in [2.05, 4.69) is 15.0 Å². The Morgan fingerprint density at radius 1 is 1.14 bits per heavy atom. The number of anilines is 2. The molecule has 0 radical (unpaired) electrons. The molecule has 0 spiro atoms. The van der Waals surface area contributed by atoms with Gasteiger partial charge >= 0.3 is 0 Å². The number of rotatable bonds is 4. The second-order valence-corrected chi connectivity index (χ2v) is 6.32. The Hall–Kier alpha value is -2.12. The second-order valence-electron chi connectivity index (χ2n) is 4.20. The van der Waals surface area contributed by atoms with Gasteiger partial charge in [0.05, 0.1) is 21.8 Å². The van der Waals surface area contributed by atoms with E-state index in [1.807, 2.05) is 0 Å². The Morgan fingerprint density at radius 2 is 1.81 bits per heavy atom. The van der Waals surface area contributed by atoms with Gasteiger partial charge in [0.2, 0.25) is 5.91 Å². The van der Waals surface area contributed by atoms with E-state index in [9.17, 15) is 13.2 Å². The van der Waals surface area contributed by atoms with Crippen LogP contribution in [0.3, 0.4) is 0 Å². The van der Waals surface area contributed by atoms with Gasteiger partial charge < -0.3 is 5.32 Å². The highest BCUT2D eigenvalue weighted by atomic mass is 35.5. The van der Waals surface area contributed by atoms with Crippen molar-refractivity contribution in [3.63, 3.8) is 0 Å². The molecular weight excluding hydrogens is 314 g/mol. The Balaban J connectivity index is 2.21. The number of hydrogen-bond acceptors (Lipinski definition) is 4. The minimum atomic E-state index is -3.74. The zero-order chi connectivity index (χ0) is 15.5. The van der Waals surface area contributed by atoms with Gasteiger partial charge in [0, 0.05) is 18.8 Å². The first kappa shape index (κ1) is 15.3. The largest absolute Gasteiger partial charge is 0.326 e. The van der Waals surface area contributed by atoms with Crippen LogP contribution in [0.1, 0.15) is 6.92 Å². The second kappa shape index (κ2) is 6.11. The number of nitrogens with zero attached hydrogens (tertiary/aromatic N) is 1. The number of sulfonamides is 1. The lowest BCUT2D eigenvalue weighted by Crippen LogP contribution is -2.13. The molecule has 0 atom stereocenters. The number of benzene rings is 1. The molecule has 110 valence electrons. The van der Waals surface area contributed by atoms with E-state index < -0.39 is 10.0 Å². The first-order valence-electron chi connectivity index (χ1n) is 5.88. The van der Waals surface area contributed by atoms with Gasteiger partial charge in [-0.15, -0.1) is 0 Å². The molecule has 8 heteroatoms. The van der Waals surface area contributed by atoms with Crippen LogP contribution < -0.4 is 10.0 Å². The smallest absolute Gasteiger partial charge is 0.261 e. The van der Waals surface area contributed by atoms with Gasteiger partial charge in [0.15, 0.2) is 0 Å². The van der Waals surface area contributed by atoms with E-state index in [0.717, 1.165) is 0 Å². The SMILES string of the molecule is CC(=O)Nc1ccc(S(=O)(=O)Nc2cncc(Cl)c2)cc1. The summed E-state index contributed by atoms with van der Waals surface area (Å²) in [5.41, 5.74) is 0.791. The highest BCUT2D eigenvalue weighted by molar-refractivity contribution is 7.92. The molecule has 0 unspecified atom stereocenters. The number of carbonyl (C=O) groups is 1. The van der Waals surface area contributed by atoms with Crippen LogP contribution in [-0.2, 0) is 14.8 Å². The summed E-state index contributed by atoms with van der Waals surface area (Å²) in [7, 11) is -3.74. The van der Waals surface area contributed by atoms with E-state index in [1.165, 1.54) is 49.6 Å². The van der Waals surface area contributed by atoms with Crippen LogP contribution in [0.2, 0.25) is 5.02 Å². The van der Waals surface area contributed by atoms with E-state index in [0.29, 0.717) is 10.7 Å². The number of amides is 1. The molecule has 0 aliphatic heterocycles. The number of carbonyl (C=O) groups excluding carboxylic acids is 1. The number of pyridine rings is 1. The van der Waals surface area contributed by atoms with Crippen molar-refractivity contribution < 1.29 is 13.2 Å². The van der Waals surface area contributed by atoms with Gasteiger partial charge in [-0.05, 0) is 30.3 Å². The van der Waals surface area contributed by atoms with Crippen molar-refractivity contribution in [2.75, 3.05) is 10.0 Å². The molecule has 1 amide bonds. The summed E-state index contributed by atoms with van der Waals surface area (Å²) in [6.07, 6.45) is 2.76. The van der Waals surface area contributed by atoms with E-state index in [-0.39, 0.29) is 16.5 Å². The number of aromatic nitrogens is 1. The van der Waals surface area contributed by atoms with Crippen LogP contribution in [0.25, 0.3) is 0 Å². The van der Waals surface area contributed by atoms with Gasteiger partial charge in [-0.2, -0.15) is 0 Å². The van der Waals surface area contributed by atoms with E-state index >= 15 is 0 Å². The zero-order valence-electron chi connectivity index (χ0n) is 11.0. The lowest BCUT2D eigenvalue weighted by atomic mass is 10.3. The quantitative estimate of drug-likeness (QED) is 0.904. The fourth-order valence-electron chi connectivity index (χ4n) is 1.60. The van der Waals surface area contributed by atoms with Crippen LogP contribution in [0, 0.1) is 0 Å². The zero-order valence-corrected chi connectivity index (χ0v) is 12.6. The van der Waals surface area contributed by atoms with Crippen molar-refractivity contribution in [3.05, 3.63) is 47.7 Å². The fraction of sp³-hybridized carbons (Fsp3) is 0.0769. The third-order valence-electron chi connectivity index (χ3n) is 2.44. The maximum absolute atomic E-state index is 12.2. The van der Waals surface area contributed by atoms with Crippen molar-refractivity contribution in [1.29, 1.82) is 0 Å². The van der Waals surface area contributed by atoms with Gasteiger partial charge in [0.25, 0.3) is 10.0 Å². The summed E-state index contributed by atoms with van der Waals surface area (Å²) in [4.78, 5) is 14.8. The predicted octanol–water partition coefficient (Wildman–Crippen LogP) is 2.49. The minimum absolute atomic E-state index is 0.0663. The number of halogens is 1. The molecule has 1 aromatic carbocycles. The molecule has 2 rings (SSSR count). The Bertz CT molecular complexity index is 760. The molecule has 2 N–H and O–H groups in total. The third-order valence-corrected chi connectivity index (χ3v) is 4.05. The normalized spacial score (nSPS) is 11.0. The summed E-state index contributed by atoms with van der Waals surface area (Å²) in [6.45, 7) is 1.37. The van der Waals surface area contributed by atoms with E-state index in [4.69, 9.17) is 11.6 Å². The first-order chi connectivity index (χ1) is 9.87. The lowest BCUT2D eigenvalue weighted by molar-refractivity contribution is -0.114. The number of hydrogen-bond donors (Lipinski definition) is 2. The van der Waals surface area contributed by atoms with Crippen LogP contribution in [-0.4, -0.2) is 19.3 Å². The number of nitrogens with one attached hydrogen (secondary N) is 2. The van der Waals surface area contributed by atoms with Crippen LogP contribution in [0.5, 0.6) is 0 Å². The van der Waals surface area contributed by atoms with Crippen molar-refractivity contribution in [2.45, 2.75) is 11.8 Å². The highest BCUT2D eigenvalue weighted by Crippen LogP contribution is 2.19. The molecule has 0 aliphatic rings. The topological polar surface area (TPSA) is 88.2 Å². The molecule has 0 aliphatic carbocycles. The molecule has 21 heavy (non-hydrogen) atoms. The van der Waals surface area contributed by atoms with Crippen LogP contribution in [0.15, 0.2) is 47.6 Å². The van der Waals surface area contributed by atoms with Crippen molar-refractivity contribution in [3.8, 4) is 0 Å². The van der Waals surface area contributed by atoms with Crippen molar-refractivity contribution in [1.82, 2.24) is 4.98 Å². The molecule has 0 saturated carbocycles. The fourth-order valence-corrected chi connectivity index (χ4v) is 2.81. The highest BCUT2D eigenvalue weighted by Gasteiger charge is 2.14. The minimum Gasteiger partial charge on any atom is -0.326 e. The third kappa shape index (κ3) is 4.17. The Morgan fingerprint density at radius 3 is 2.38 bits per heavy atom. The van der Waals surface area contributed by atoms with Crippen LogP contribution >= 0.6 is 11.6 Å². The molecule has 6 nitrogen and oxygen atoms in total. The predicted molar refractivity (Wildman–Crippen MR) is 80.8 cm³/mol. The van der Waals surface area contributed by atoms with Crippen molar-refractivity contribution in [2.24, 2.45) is 0 Å². The van der Waals surface area contributed by atoms with Crippen molar-refractivity contribution >= 4 is 38.9 Å². The molecular formula is C13H12ClN3O3S. The van der Waals surface area contributed by atoms with Gasteiger partial charge in [-0.25, -0.2) is 8.42 Å². The molecule has 0 fully saturated rings. The molecule has 2 aromatic rings. The molecule has 1 heterocycles.